The summed E-state index contributed by atoms with van der Waals surface area (Å²) in [6.07, 6.45) is 0. The second-order valence-electron chi connectivity index (χ2n) is 4.29. The summed E-state index contributed by atoms with van der Waals surface area (Å²) in [7, 11) is 0. The molecule has 2 N–H and O–H groups in total. The Kier molecular flexibility index (Phi) is 3.51. The summed E-state index contributed by atoms with van der Waals surface area (Å²) in [5, 5.41) is 1.45. The van der Waals surface area contributed by atoms with E-state index < -0.39 is 0 Å². The largest absolute Gasteiger partial charge is 0.494 e. The second-order valence-corrected chi connectivity index (χ2v) is 5.72. The molecule has 3 nitrogen and oxygen atoms in total. The van der Waals surface area contributed by atoms with Crippen LogP contribution in [0.2, 0.25) is 5.02 Å². The molecule has 3 rings (SSSR count). The van der Waals surface area contributed by atoms with Crippen LogP contribution in [-0.4, -0.2) is 11.6 Å². The van der Waals surface area contributed by atoms with E-state index in [9.17, 15) is 0 Å². The van der Waals surface area contributed by atoms with Crippen molar-refractivity contribution in [2.45, 2.75) is 6.92 Å². The molecule has 3 aromatic rings. The molecule has 5 heteroatoms. The van der Waals surface area contributed by atoms with Crippen molar-refractivity contribution in [2.24, 2.45) is 0 Å². The third kappa shape index (κ3) is 2.32. The maximum atomic E-state index is 6.23. The van der Waals surface area contributed by atoms with E-state index in [1.54, 1.807) is 11.3 Å². The molecule has 0 saturated heterocycles. The van der Waals surface area contributed by atoms with Gasteiger partial charge in [-0.15, -0.1) is 11.3 Å². The summed E-state index contributed by atoms with van der Waals surface area (Å²) >= 11 is 7.80. The van der Waals surface area contributed by atoms with Gasteiger partial charge in [0, 0.05) is 5.69 Å². The van der Waals surface area contributed by atoms with Gasteiger partial charge in [-0.1, -0.05) is 17.7 Å². The molecule has 2 aromatic carbocycles. The Balaban J connectivity index is 2.13. The number of hydrogen-bond donors (Lipinski definition) is 1. The summed E-state index contributed by atoms with van der Waals surface area (Å²) < 4.78 is 6.56. The molecule has 20 heavy (non-hydrogen) atoms. The number of nitrogens with zero attached hydrogens (tertiary/aromatic N) is 1. The van der Waals surface area contributed by atoms with E-state index in [-0.39, 0.29) is 0 Å². The van der Waals surface area contributed by atoms with Crippen molar-refractivity contribution < 1.29 is 4.74 Å². The minimum Gasteiger partial charge on any atom is -0.494 e. The van der Waals surface area contributed by atoms with Crippen LogP contribution in [0, 0.1) is 0 Å². The van der Waals surface area contributed by atoms with Gasteiger partial charge in [0.2, 0.25) is 0 Å². The molecule has 0 amide bonds. The number of rotatable bonds is 3. The Morgan fingerprint density at radius 2 is 2.15 bits per heavy atom. The van der Waals surface area contributed by atoms with Crippen LogP contribution in [-0.2, 0) is 0 Å². The normalized spacial score (nSPS) is 10.9. The quantitative estimate of drug-likeness (QED) is 0.719. The van der Waals surface area contributed by atoms with Crippen molar-refractivity contribution in [1.29, 1.82) is 0 Å². The van der Waals surface area contributed by atoms with E-state index in [0.29, 0.717) is 17.3 Å². The number of nitrogens with two attached hydrogens (primary N) is 1. The van der Waals surface area contributed by atoms with Gasteiger partial charge in [0.25, 0.3) is 0 Å². The topological polar surface area (TPSA) is 48.1 Å². The number of ether oxygens (including phenoxy) is 1. The van der Waals surface area contributed by atoms with Gasteiger partial charge in [-0.2, -0.15) is 0 Å². The summed E-state index contributed by atoms with van der Waals surface area (Å²) in [6, 6.07) is 11.4. The average molecular weight is 305 g/mol. The van der Waals surface area contributed by atoms with Crippen LogP contribution in [0.3, 0.4) is 0 Å². The van der Waals surface area contributed by atoms with Crippen molar-refractivity contribution in [3.05, 3.63) is 41.4 Å². The van der Waals surface area contributed by atoms with Crippen LogP contribution < -0.4 is 10.5 Å². The zero-order chi connectivity index (χ0) is 14.1. The number of aromatic nitrogens is 1. The second kappa shape index (κ2) is 5.31. The molecule has 0 unspecified atom stereocenters. The standard InChI is InChI=1S/C15H13ClN2OS/c1-2-19-9-6-7-12-13(8-9)20-15(18-12)14-10(16)4-3-5-11(14)17/h3-8H,2,17H2,1H3. The van der Waals surface area contributed by atoms with E-state index in [0.717, 1.165) is 26.5 Å². The molecule has 0 bridgehead atoms. The number of hydrogen-bond acceptors (Lipinski definition) is 4. The predicted octanol–water partition coefficient (Wildman–Crippen LogP) is 4.60. The van der Waals surface area contributed by atoms with Crippen LogP contribution in [0.5, 0.6) is 5.75 Å². The highest BCUT2D eigenvalue weighted by molar-refractivity contribution is 7.21. The van der Waals surface area contributed by atoms with E-state index >= 15 is 0 Å². The fraction of sp³-hybridized carbons (Fsp3) is 0.133. The molecule has 0 radical (unpaired) electrons. The van der Waals surface area contributed by atoms with Crippen LogP contribution >= 0.6 is 22.9 Å². The SMILES string of the molecule is CCOc1ccc2nc(-c3c(N)cccc3Cl)sc2c1. The Hall–Kier alpha value is -1.78. The third-order valence-corrected chi connectivity index (χ3v) is 4.28. The zero-order valence-corrected chi connectivity index (χ0v) is 12.5. The highest BCUT2D eigenvalue weighted by atomic mass is 35.5. The number of fused-ring (bicyclic) bond motifs is 1. The van der Waals surface area contributed by atoms with Crippen molar-refractivity contribution in [3.63, 3.8) is 0 Å². The van der Waals surface area contributed by atoms with Crippen LogP contribution in [0.25, 0.3) is 20.8 Å². The van der Waals surface area contributed by atoms with Crippen molar-refractivity contribution in [3.8, 4) is 16.3 Å². The summed E-state index contributed by atoms with van der Waals surface area (Å²) in [6.45, 7) is 2.61. The molecule has 0 aliphatic carbocycles. The summed E-state index contributed by atoms with van der Waals surface area (Å²) in [5.74, 6) is 0.849. The minimum absolute atomic E-state index is 0.620. The van der Waals surface area contributed by atoms with Crippen molar-refractivity contribution in [2.75, 3.05) is 12.3 Å². The maximum Gasteiger partial charge on any atom is 0.128 e. The monoisotopic (exact) mass is 304 g/mol. The Bertz CT molecular complexity index is 749. The lowest BCUT2D eigenvalue weighted by Gasteiger charge is -2.03. The van der Waals surface area contributed by atoms with Gasteiger partial charge < -0.3 is 10.5 Å². The van der Waals surface area contributed by atoms with Gasteiger partial charge in [0.15, 0.2) is 0 Å². The first-order valence-electron chi connectivity index (χ1n) is 6.27. The first-order valence-corrected chi connectivity index (χ1v) is 7.46. The van der Waals surface area contributed by atoms with Crippen LogP contribution in [0.15, 0.2) is 36.4 Å². The van der Waals surface area contributed by atoms with Gasteiger partial charge in [-0.25, -0.2) is 4.98 Å². The van der Waals surface area contributed by atoms with Crippen LogP contribution in [0.1, 0.15) is 6.92 Å². The number of anilines is 1. The smallest absolute Gasteiger partial charge is 0.128 e. The fourth-order valence-electron chi connectivity index (χ4n) is 2.03. The van der Waals surface area contributed by atoms with Gasteiger partial charge in [0.05, 0.1) is 27.4 Å². The van der Waals surface area contributed by atoms with Gasteiger partial charge in [-0.05, 0) is 37.3 Å². The third-order valence-electron chi connectivity index (χ3n) is 2.93. The fourth-order valence-corrected chi connectivity index (χ4v) is 3.44. The molecule has 0 spiro atoms. The lowest BCUT2D eigenvalue weighted by Crippen LogP contribution is -1.90. The molecule has 0 atom stereocenters. The first-order chi connectivity index (χ1) is 9.69. The average Bonchev–Trinajstić information content (AvgIpc) is 2.81. The first kappa shape index (κ1) is 13.2. The number of halogens is 1. The Morgan fingerprint density at radius 1 is 1.30 bits per heavy atom. The zero-order valence-electron chi connectivity index (χ0n) is 10.9. The van der Waals surface area contributed by atoms with E-state index in [4.69, 9.17) is 22.1 Å². The molecule has 102 valence electrons. The molecule has 0 aliphatic heterocycles. The molecule has 0 aliphatic rings. The maximum absolute atomic E-state index is 6.23. The van der Waals surface area contributed by atoms with E-state index in [1.165, 1.54) is 0 Å². The molecule has 0 fully saturated rings. The molecular formula is C15H13ClN2OS. The van der Waals surface area contributed by atoms with E-state index in [2.05, 4.69) is 4.98 Å². The Morgan fingerprint density at radius 3 is 2.90 bits per heavy atom. The summed E-state index contributed by atoms with van der Waals surface area (Å²) in [4.78, 5) is 4.60. The number of thiazole rings is 1. The van der Waals surface area contributed by atoms with Crippen molar-refractivity contribution in [1.82, 2.24) is 4.98 Å². The lowest BCUT2D eigenvalue weighted by molar-refractivity contribution is 0.341. The molecular weight excluding hydrogens is 292 g/mol. The summed E-state index contributed by atoms with van der Waals surface area (Å²) in [5.41, 5.74) is 8.37. The van der Waals surface area contributed by atoms with Crippen molar-refractivity contribution >= 4 is 38.8 Å². The lowest BCUT2D eigenvalue weighted by atomic mass is 10.2. The number of nitrogen functional groups attached to an aromatic ring is 1. The highest BCUT2D eigenvalue weighted by Gasteiger charge is 2.13. The van der Waals surface area contributed by atoms with Gasteiger partial charge in [-0.3, -0.25) is 0 Å². The highest BCUT2D eigenvalue weighted by Crippen LogP contribution is 2.38. The minimum atomic E-state index is 0.620. The van der Waals surface area contributed by atoms with Gasteiger partial charge >= 0.3 is 0 Å². The van der Waals surface area contributed by atoms with Gasteiger partial charge in [0.1, 0.15) is 10.8 Å². The molecule has 0 saturated carbocycles. The molecule has 1 aromatic heterocycles. The number of benzene rings is 2. The van der Waals surface area contributed by atoms with E-state index in [1.807, 2.05) is 43.3 Å². The Labute approximate surface area is 126 Å². The predicted molar refractivity (Wildman–Crippen MR) is 85.6 cm³/mol. The van der Waals surface area contributed by atoms with Crippen LogP contribution in [0.4, 0.5) is 5.69 Å². The molecule has 1 heterocycles.